The number of methoxy groups -OCH3 is 2. The Hall–Kier alpha value is -1.91. The van der Waals surface area contributed by atoms with Gasteiger partial charge in [-0.25, -0.2) is 0 Å². The van der Waals surface area contributed by atoms with Crippen molar-refractivity contribution < 1.29 is 14.2 Å². The van der Waals surface area contributed by atoms with Crippen molar-refractivity contribution in [1.29, 1.82) is 0 Å². The highest BCUT2D eigenvalue weighted by atomic mass is 35.5. The van der Waals surface area contributed by atoms with Gasteiger partial charge in [-0.1, -0.05) is 36.8 Å². The minimum atomic E-state index is 0. The van der Waals surface area contributed by atoms with E-state index in [1.165, 1.54) is 12.8 Å². The van der Waals surface area contributed by atoms with Gasteiger partial charge in [-0.2, -0.15) is 0 Å². The molecule has 25 heavy (non-hydrogen) atoms. The molecule has 1 aliphatic rings. The number of hydrogen-bond donors (Lipinski definition) is 1. The van der Waals surface area contributed by atoms with Gasteiger partial charge in [0.15, 0.2) is 11.5 Å². The summed E-state index contributed by atoms with van der Waals surface area (Å²) in [4.78, 5) is 0. The molecule has 0 radical (unpaired) electrons. The second kappa shape index (κ2) is 9.54. The quantitative estimate of drug-likeness (QED) is 0.819. The van der Waals surface area contributed by atoms with E-state index in [0.717, 1.165) is 35.6 Å². The topological polar surface area (TPSA) is 39.7 Å². The highest BCUT2D eigenvalue weighted by Crippen LogP contribution is 2.39. The van der Waals surface area contributed by atoms with E-state index in [1.54, 1.807) is 14.2 Å². The van der Waals surface area contributed by atoms with E-state index in [1.807, 2.05) is 30.3 Å². The summed E-state index contributed by atoms with van der Waals surface area (Å²) in [7, 11) is 3.32. The molecule has 5 heteroatoms. The molecular weight excluding hydrogens is 338 g/mol. The number of piperidine rings is 1. The van der Waals surface area contributed by atoms with Crippen LogP contribution in [-0.4, -0.2) is 20.8 Å². The molecule has 0 spiro atoms. The fourth-order valence-electron chi connectivity index (χ4n) is 3.13. The van der Waals surface area contributed by atoms with Crippen LogP contribution in [0.4, 0.5) is 0 Å². The predicted molar refractivity (Wildman–Crippen MR) is 102 cm³/mol. The van der Waals surface area contributed by atoms with Crippen LogP contribution in [0.2, 0.25) is 0 Å². The smallest absolute Gasteiger partial charge is 0.164 e. The third-order valence-electron chi connectivity index (χ3n) is 4.44. The van der Waals surface area contributed by atoms with Crippen LogP contribution in [-0.2, 0) is 6.61 Å². The lowest BCUT2D eigenvalue weighted by atomic mass is 9.96. The molecule has 1 saturated heterocycles. The van der Waals surface area contributed by atoms with E-state index >= 15 is 0 Å². The average Bonchev–Trinajstić information content (AvgIpc) is 2.67. The maximum atomic E-state index is 6.14. The first-order valence-corrected chi connectivity index (χ1v) is 8.48. The van der Waals surface area contributed by atoms with Gasteiger partial charge in [0.2, 0.25) is 0 Å². The van der Waals surface area contributed by atoms with Gasteiger partial charge in [0, 0.05) is 17.7 Å². The normalized spacial score (nSPS) is 16.6. The Bertz CT molecular complexity index is 657. The van der Waals surface area contributed by atoms with Crippen molar-refractivity contribution in [2.24, 2.45) is 0 Å². The minimum Gasteiger partial charge on any atom is -0.493 e. The Labute approximate surface area is 155 Å². The van der Waals surface area contributed by atoms with Crippen LogP contribution in [0.15, 0.2) is 42.5 Å². The average molecular weight is 364 g/mol. The first kappa shape index (κ1) is 19.4. The summed E-state index contributed by atoms with van der Waals surface area (Å²) in [5.74, 6) is 2.29. The molecule has 1 heterocycles. The van der Waals surface area contributed by atoms with Crippen molar-refractivity contribution in [3.8, 4) is 17.2 Å². The molecule has 1 aliphatic heterocycles. The van der Waals surface area contributed by atoms with Crippen LogP contribution in [0.5, 0.6) is 17.2 Å². The number of rotatable bonds is 6. The van der Waals surface area contributed by atoms with E-state index in [-0.39, 0.29) is 12.4 Å². The SMILES string of the molecule is COc1cc(OCc2ccccc2)c([C@@H]2CCCCN2)cc1OC.Cl. The van der Waals surface area contributed by atoms with E-state index in [2.05, 4.69) is 17.4 Å². The van der Waals surface area contributed by atoms with Crippen molar-refractivity contribution in [2.45, 2.75) is 31.9 Å². The molecule has 0 bridgehead atoms. The Balaban J connectivity index is 0.00000225. The number of ether oxygens (including phenoxy) is 3. The van der Waals surface area contributed by atoms with Crippen molar-refractivity contribution in [3.05, 3.63) is 53.6 Å². The predicted octanol–water partition coefficient (Wildman–Crippen LogP) is 4.52. The molecule has 0 unspecified atom stereocenters. The van der Waals surface area contributed by atoms with Gasteiger partial charge in [0.05, 0.1) is 14.2 Å². The Morgan fingerprint density at radius 1 is 0.960 bits per heavy atom. The lowest BCUT2D eigenvalue weighted by Crippen LogP contribution is -2.27. The molecule has 3 rings (SSSR count). The first-order valence-electron chi connectivity index (χ1n) is 8.48. The molecule has 4 nitrogen and oxygen atoms in total. The van der Waals surface area contributed by atoms with Gasteiger partial charge in [0.25, 0.3) is 0 Å². The minimum absolute atomic E-state index is 0. The molecule has 2 aromatic rings. The molecule has 1 atom stereocenters. The van der Waals surface area contributed by atoms with Crippen LogP contribution in [0.3, 0.4) is 0 Å². The van der Waals surface area contributed by atoms with Gasteiger partial charge < -0.3 is 19.5 Å². The van der Waals surface area contributed by atoms with Crippen LogP contribution in [0, 0.1) is 0 Å². The summed E-state index contributed by atoms with van der Waals surface area (Å²) in [5.41, 5.74) is 2.29. The first-order chi connectivity index (χ1) is 11.8. The summed E-state index contributed by atoms with van der Waals surface area (Å²) >= 11 is 0. The molecule has 0 saturated carbocycles. The van der Waals surface area contributed by atoms with Gasteiger partial charge in [-0.15, -0.1) is 12.4 Å². The van der Waals surface area contributed by atoms with Crippen molar-refractivity contribution in [2.75, 3.05) is 20.8 Å². The molecule has 0 aromatic heterocycles. The van der Waals surface area contributed by atoms with E-state index in [9.17, 15) is 0 Å². The number of halogens is 1. The number of hydrogen-bond acceptors (Lipinski definition) is 4. The largest absolute Gasteiger partial charge is 0.493 e. The second-order valence-electron chi connectivity index (χ2n) is 6.02. The molecule has 1 N–H and O–H groups in total. The van der Waals surface area contributed by atoms with Crippen LogP contribution < -0.4 is 19.5 Å². The zero-order valence-corrected chi connectivity index (χ0v) is 15.6. The summed E-state index contributed by atoms with van der Waals surface area (Å²) in [5, 5.41) is 3.59. The van der Waals surface area contributed by atoms with Crippen molar-refractivity contribution >= 4 is 12.4 Å². The van der Waals surface area contributed by atoms with E-state index in [4.69, 9.17) is 14.2 Å². The van der Waals surface area contributed by atoms with Gasteiger partial charge in [-0.05, 0) is 31.0 Å². The summed E-state index contributed by atoms with van der Waals surface area (Å²) in [6.07, 6.45) is 3.56. The molecule has 0 aliphatic carbocycles. The van der Waals surface area contributed by atoms with E-state index in [0.29, 0.717) is 18.4 Å². The second-order valence-corrected chi connectivity index (χ2v) is 6.02. The fraction of sp³-hybridized carbons (Fsp3) is 0.400. The number of nitrogens with one attached hydrogen (secondary N) is 1. The molecule has 2 aromatic carbocycles. The lowest BCUT2D eigenvalue weighted by Gasteiger charge is -2.26. The maximum absolute atomic E-state index is 6.14. The maximum Gasteiger partial charge on any atom is 0.164 e. The zero-order valence-electron chi connectivity index (χ0n) is 14.8. The molecule has 0 amide bonds. The fourth-order valence-corrected chi connectivity index (χ4v) is 3.13. The van der Waals surface area contributed by atoms with Crippen molar-refractivity contribution in [3.63, 3.8) is 0 Å². The monoisotopic (exact) mass is 363 g/mol. The number of benzene rings is 2. The van der Waals surface area contributed by atoms with Gasteiger partial charge >= 0.3 is 0 Å². The van der Waals surface area contributed by atoms with Crippen LogP contribution >= 0.6 is 12.4 Å². The Morgan fingerprint density at radius 2 is 1.68 bits per heavy atom. The molecular formula is C20H26ClNO3. The van der Waals surface area contributed by atoms with Crippen LogP contribution in [0.1, 0.15) is 36.4 Å². The lowest BCUT2D eigenvalue weighted by molar-refractivity contribution is 0.288. The Kier molecular flexibility index (Phi) is 7.41. The van der Waals surface area contributed by atoms with Gasteiger partial charge in [0.1, 0.15) is 12.4 Å². The standard InChI is InChI=1S/C20H25NO3.ClH/c1-22-19-12-16(17-10-6-7-11-21-17)18(13-20(19)23-2)24-14-15-8-4-3-5-9-15;/h3-5,8-9,12-13,17,21H,6-7,10-11,14H2,1-2H3;1H/t17-;/m0./s1. The van der Waals surface area contributed by atoms with Crippen LogP contribution in [0.25, 0.3) is 0 Å². The highest BCUT2D eigenvalue weighted by Gasteiger charge is 2.22. The van der Waals surface area contributed by atoms with Crippen molar-refractivity contribution in [1.82, 2.24) is 5.32 Å². The highest BCUT2D eigenvalue weighted by molar-refractivity contribution is 5.85. The summed E-state index contributed by atoms with van der Waals surface area (Å²) in [6.45, 7) is 1.58. The third kappa shape index (κ3) is 4.80. The summed E-state index contributed by atoms with van der Waals surface area (Å²) in [6, 6.07) is 14.5. The molecule has 1 fully saturated rings. The van der Waals surface area contributed by atoms with E-state index < -0.39 is 0 Å². The van der Waals surface area contributed by atoms with Gasteiger partial charge in [-0.3, -0.25) is 0 Å². The zero-order chi connectivity index (χ0) is 16.8. The molecule has 136 valence electrons. The summed E-state index contributed by atoms with van der Waals surface area (Å²) < 4.78 is 17.1. The third-order valence-corrected chi connectivity index (χ3v) is 4.44. The Morgan fingerprint density at radius 3 is 2.32 bits per heavy atom.